The van der Waals surface area contributed by atoms with E-state index in [4.69, 9.17) is 4.74 Å². The molecule has 4 N–H and O–H groups in total. The normalized spacial score (nSPS) is 46.6. The van der Waals surface area contributed by atoms with E-state index in [0.717, 1.165) is 24.9 Å². The summed E-state index contributed by atoms with van der Waals surface area (Å²) in [5.74, 6) is 0.379. The number of phenolic OH excluding ortho intramolecular Hbond substituents is 1. The molecule has 158 valence electrons. The Bertz CT molecular complexity index is 930. The summed E-state index contributed by atoms with van der Waals surface area (Å²) < 4.78 is 6.21. The minimum absolute atomic E-state index is 0. The molecule has 1 aromatic rings. The van der Waals surface area contributed by atoms with Crippen molar-refractivity contribution in [3.05, 3.63) is 30.7 Å². The first kappa shape index (κ1) is 19.3. The van der Waals surface area contributed by atoms with Gasteiger partial charge in [-0.1, -0.05) is 6.07 Å². The van der Waals surface area contributed by atoms with Gasteiger partial charge in [0.1, 0.15) is 0 Å². The lowest BCUT2D eigenvalue weighted by Gasteiger charge is -2.68. The first-order valence-corrected chi connectivity index (χ1v) is 10.2. The van der Waals surface area contributed by atoms with Crippen LogP contribution in [0.3, 0.4) is 0 Å². The number of benzene rings is 1. The summed E-state index contributed by atoms with van der Waals surface area (Å²) in [7, 11) is 1.96. The molecule has 3 aliphatic carbocycles. The molecule has 2 saturated carbocycles. The number of carbonyl (C=O) groups is 1. The van der Waals surface area contributed by atoms with Crippen molar-refractivity contribution < 1.29 is 34.4 Å². The van der Waals surface area contributed by atoms with Gasteiger partial charge in [-0.3, -0.25) is 9.28 Å². The van der Waals surface area contributed by atoms with E-state index >= 15 is 0 Å². The predicted octanol–water partition coefficient (Wildman–Crippen LogP) is 0.411. The third-order valence-corrected chi connectivity index (χ3v) is 8.50. The Hall–Kier alpha value is -1.67. The van der Waals surface area contributed by atoms with Gasteiger partial charge >= 0.3 is 0 Å². The van der Waals surface area contributed by atoms with Crippen LogP contribution in [0.1, 0.15) is 36.8 Å². The maximum absolute atomic E-state index is 12.9. The molecule has 6 rings (SSSR count). The number of aliphatic hydroxyl groups is 3. The Balaban J connectivity index is 0.00000181. The number of ether oxygens (including phenoxy) is 1. The number of quaternary nitrogens is 1. The van der Waals surface area contributed by atoms with Gasteiger partial charge in [0, 0.05) is 24.3 Å². The van der Waals surface area contributed by atoms with Crippen LogP contribution in [0.25, 0.3) is 0 Å². The standard InChI is InChI=1S/C21H25NO6.CH3/c1-22(10-11-2-3-11)7-6-19-16-12-4-5-13(23)17(16)28-18(19)14(24)8-15(25)21(19,27)20(22,26)9-12;/h4-5,11,15,18,25-27H,2-3,6-10H2,1H3;1H3/q;-1/p+1/t15?,18-,19-,20-,21-,22+;/m0./s1. The summed E-state index contributed by atoms with van der Waals surface area (Å²) >= 11 is 0. The second kappa shape index (κ2) is 5.32. The second-order valence-corrected chi connectivity index (χ2v) is 9.86. The zero-order valence-corrected chi connectivity index (χ0v) is 16.9. The van der Waals surface area contributed by atoms with Crippen molar-refractivity contribution in [2.75, 3.05) is 20.1 Å². The van der Waals surface area contributed by atoms with Gasteiger partial charge < -0.3 is 32.6 Å². The molecule has 1 unspecified atom stereocenters. The van der Waals surface area contributed by atoms with Crippen LogP contribution in [0.15, 0.2) is 12.1 Å². The molecule has 1 spiro atoms. The lowest BCUT2D eigenvalue weighted by Crippen LogP contribution is -2.90. The quantitative estimate of drug-likeness (QED) is 0.421. The number of hydrogen-bond donors (Lipinski definition) is 4. The Labute approximate surface area is 170 Å². The van der Waals surface area contributed by atoms with Crippen LogP contribution >= 0.6 is 0 Å². The Kier molecular flexibility index (Phi) is 3.54. The molecule has 3 fully saturated rings. The molecular formula is C22H29NO6. The number of Topliss-reactive ketones (excluding diaryl/α,β-unsaturated/α-hetero) is 1. The maximum Gasteiger partial charge on any atom is 0.237 e. The lowest BCUT2D eigenvalue weighted by molar-refractivity contribution is -1.00. The van der Waals surface area contributed by atoms with Gasteiger partial charge in [-0.15, -0.1) is 0 Å². The van der Waals surface area contributed by atoms with Crippen LogP contribution in [0.5, 0.6) is 11.5 Å². The van der Waals surface area contributed by atoms with Crippen LogP contribution in [-0.4, -0.2) is 74.4 Å². The third kappa shape index (κ3) is 1.83. The molecule has 29 heavy (non-hydrogen) atoms. The Morgan fingerprint density at radius 1 is 1.28 bits per heavy atom. The van der Waals surface area contributed by atoms with Gasteiger partial charge in [0.05, 0.1) is 38.1 Å². The van der Waals surface area contributed by atoms with Gasteiger partial charge in [0.2, 0.25) is 5.72 Å². The minimum atomic E-state index is -1.92. The average molecular weight is 403 g/mol. The van der Waals surface area contributed by atoms with E-state index in [1.54, 1.807) is 6.07 Å². The molecule has 2 heterocycles. The van der Waals surface area contributed by atoms with Gasteiger partial charge in [-0.05, 0) is 24.5 Å². The molecule has 0 aromatic heterocycles. The highest BCUT2D eigenvalue weighted by atomic mass is 16.5. The Morgan fingerprint density at radius 3 is 2.69 bits per heavy atom. The summed E-state index contributed by atoms with van der Waals surface area (Å²) in [5.41, 5.74) is -3.41. The first-order valence-electron chi connectivity index (χ1n) is 10.2. The summed E-state index contributed by atoms with van der Waals surface area (Å²) in [6.07, 6.45) is 0.153. The van der Waals surface area contributed by atoms with Crippen molar-refractivity contribution in [2.24, 2.45) is 5.92 Å². The van der Waals surface area contributed by atoms with E-state index in [0.29, 0.717) is 24.4 Å². The molecule has 6 atom stereocenters. The fourth-order valence-electron chi connectivity index (χ4n) is 6.99. The highest BCUT2D eigenvalue weighted by Gasteiger charge is 2.85. The van der Waals surface area contributed by atoms with Gasteiger partial charge in [-0.2, -0.15) is 0 Å². The number of aliphatic hydroxyl groups excluding tert-OH is 1. The Morgan fingerprint density at radius 2 is 2.00 bits per heavy atom. The predicted molar refractivity (Wildman–Crippen MR) is 103 cm³/mol. The third-order valence-electron chi connectivity index (χ3n) is 8.50. The molecule has 1 saturated heterocycles. The first-order chi connectivity index (χ1) is 13.2. The van der Waals surface area contributed by atoms with Crippen LogP contribution < -0.4 is 4.74 Å². The van der Waals surface area contributed by atoms with E-state index in [-0.39, 0.29) is 42.0 Å². The molecule has 0 amide bonds. The number of hydrogen-bond acceptors (Lipinski definition) is 6. The van der Waals surface area contributed by atoms with Crippen LogP contribution in [-0.2, 0) is 16.6 Å². The van der Waals surface area contributed by atoms with Crippen molar-refractivity contribution in [3.63, 3.8) is 0 Å². The molecule has 2 bridgehead atoms. The minimum Gasteiger partial charge on any atom is -0.504 e. The highest BCUT2D eigenvalue weighted by Crippen LogP contribution is 2.68. The van der Waals surface area contributed by atoms with Crippen molar-refractivity contribution in [2.45, 2.75) is 61.1 Å². The molecule has 0 radical (unpaired) electrons. The number of nitrogens with zero attached hydrogens (tertiary/aromatic N) is 1. The van der Waals surface area contributed by atoms with E-state index < -0.39 is 28.9 Å². The summed E-state index contributed by atoms with van der Waals surface area (Å²) in [6, 6.07) is 3.28. The number of carbonyl (C=O) groups excluding carboxylic acids is 1. The molecule has 7 nitrogen and oxygen atoms in total. The number of ketones is 1. The van der Waals surface area contributed by atoms with Crippen molar-refractivity contribution >= 4 is 5.78 Å². The topological polar surface area (TPSA) is 107 Å². The molecule has 5 aliphatic rings. The molecule has 7 heteroatoms. The van der Waals surface area contributed by atoms with E-state index in [9.17, 15) is 25.2 Å². The zero-order valence-electron chi connectivity index (χ0n) is 16.9. The van der Waals surface area contributed by atoms with Crippen LogP contribution in [0.4, 0.5) is 0 Å². The van der Waals surface area contributed by atoms with Crippen molar-refractivity contribution in [1.29, 1.82) is 0 Å². The summed E-state index contributed by atoms with van der Waals surface area (Å²) in [4.78, 5) is 12.9. The molecule has 2 aliphatic heterocycles. The van der Waals surface area contributed by atoms with Gasteiger partial charge in [0.15, 0.2) is 29.0 Å². The van der Waals surface area contributed by atoms with Gasteiger partial charge in [0.25, 0.3) is 0 Å². The van der Waals surface area contributed by atoms with Crippen molar-refractivity contribution in [1.82, 2.24) is 0 Å². The zero-order chi connectivity index (χ0) is 19.7. The number of phenols is 1. The summed E-state index contributed by atoms with van der Waals surface area (Å²) in [6.45, 7) is 1.31. The number of likely N-dealkylation sites (N-methyl/N-ethyl adjacent to an activating group) is 1. The lowest BCUT2D eigenvalue weighted by atomic mass is 9.46. The smallest absolute Gasteiger partial charge is 0.237 e. The fraction of sp³-hybridized carbons (Fsp3) is 0.636. The molecule has 1 aromatic carbocycles. The van der Waals surface area contributed by atoms with Crippen LogP contribution in [0, 0.1) is 13.3 Å². The van der Waals surface area contributed by atoms with E-state index in [1.807, 2.05) is 7.05 Å². The van der Waals surface area contributed by atoms with E-state index in [1.165, 1.54) is 6.07 Å². The highest BCUT2D eigenvalue weighted by molar-refractivity contribution is 5.90. The van der Waals surface area contributed by atoms with Crippen molar-refractivity contribution in [3.8, 4) is 11.5 Å². The van der Waals surface area contributed by atoms with Crippen LogP contribution in [0.2, 0.25) is 0 Å². The van der Waals surface area contributed by atoms with Gasteiger partial charge in [-0.25, -0.2) is 0 Å². The number of piperidine rings is 1. The number of aromatic hydroxyl groups is 1. The SMILES string of the molecule is C[N@+]1(CC2CC2)CC[C@]23c4c5ccc(O)c4O[C@H]2C(=O)CC(O)[C@@]3(O)[C@@]1(O)C5.[CH3-]. The maximum atomic E-state index is 12.9. The largest absolute Gasteiger partial charge is 0.504 e. The molecular weight excluding hydrogens is 374 g/mol. The monoisotopic (exact) mass is 403 g/mol. The summed E-state index contributed by atoms with van der Waals surface area (Å²) in [5, 5.41) is 45.8. The van der Waals surface area contributed by atoms with E-state index in [2.05, 4.69) is 0 Å². The number of rotatable bonds is 2. The average Bonchev–Trinajstić information content (AvgIpc) is 3.36. The fourth-order valence-corrected chi connectivity index (χ4v) is 6.99. The number of likely N-dealkylation sites (tertiary alicyclic amines) is 1. The second-order valence-electron chi connectivity index (χ2n) is 9.86.